The second-order valence-corrected chi connectivity index (χ2v) is 4.28. The lowest BCUT2D eigenvalue weighted by molar-refractivity contribution is -0.133. The van der Waals surface area contributed by atoms with Gasteiger partial charge in [0.1, 0.15) is 11.8 Å². The molecule has 1 N–H and O–H groups in total. The Hall–Kier alpha value is -2.13. The molecule has 3 nitrogen and oxygen atoms in total. The van der Waals surface area contributed by atoms with E-state index < -0.39 is 0 Å². The van der Waals surface area contributed by atoms with E-state index in [9.17, 15) is 4.79 Å². The summed E-state index contributed by atoms with van der Waals surface area (Å²) in [4.78, 5) is 11.5. The summed E-state index contributed by atoms with van der Waals surface area (Å²) in [5.41, 5.74) is 2.16. The third-order valence-corrected chi connectivity index (χ3v) is 2.85. The molecule has 1 unspecified atom stereocenters. The molecule has 0 bridgehead atoms. The predicted octanol–water partition coefficient (Wildman–Crippen LogP) is 2.23. The first-order valence-corrected chi connectivity index (χ1v) is 5.93. The molecule has 3 rings (SSSR count). The van der Waals surface area contributed by atoms with Gasteiger partial charge in [0.25, 0.3) is 0 Å². The molecule has 0 spiro atoms. The average molecular weight is 239 g/mol. The first-order chi connectivity index (χ1) is 8.83. The Bertz CT molecular complexity index is 562. The quantitative estimate of drug-likeness (QED) is 0.507. The molecular formula is C15H13NO2. The normalized spacial score (nSPS) is 17.2. The molecule has 0 radical (unpaired) electrons. The van der Waals surface area contributed by atoms with Crippen LogP contribution < -0.4 is 10.1 Å². The van der Waals surface area contributed by atoms with Crippen LogP contribution in [-0.4, -0.2) is 18.6 Å². The SMILES string of the molecule is O=C(Oc1cccc(-c2ccccc2)c1)C1CN1. The molecule has 0 amide bonds. The van der Waals surface area contributed by atoms with Gasteiger partial charge in [-0.2, -0.15) is 0 Å². The summed E-state index contributed by atoms with van der Waals surface area (Å²) in [6.45, 7) is 0.719. The molecule has 18 heavy (non-hydrogen) atoms. The second-order valence-electron chi connectivity index (χ2n) is 4.28. The smallest absolute Gasteiger partial charge is 0.329 e. The van der Waals surface area contributed by atoms with Crippen molar-refractivity contribution in [2.24, 2.45) is 0 Å². The van der Waals surface area contributed by atoms with E-state index in [0.29, 0.717) is 5.75 Å². The molecule has 0 saturated carbocycles. The fourth-order valence-corrected chi connectivity index (χ4v) is 1.78. The monoisotopic (exact) mass is 239 g/mol. The summed E-state index contributed by atoms with van der Waals surface area (Å²) in [5, 5.41) is 2.93. The third-order valence-electron chi connectivity index (χ3n) is 2.85. The van der Waals surface area contributed by atoms with E-state index in [1.807, 2.05) is 48.5 Å². The van der Waals surface area contributed by atoms with Crippen molar-refractivity contribution in [3.8, 4) is 16.9 Å². The molecule has 1 fully saturated rings. The minimum atomic E-state index is -0.208. The van der Waals surface area contributed by atoms with E-state index in [-0.39, 0.29) is 12.0 Å². The lowest BCUT2D eigenvalue weighted by atomic mass is 10.1. The van der Waals surface area contributed by atoms with Gasteiger partial charge in [-0.15, -0.1) is 0 Å². The number of carbonyl (C=O) groups is 1. The van der Waals surface area contributed by atoms with Crippen LogP contribution in [0.15, 0.2) is 54.6 Å². The summed E-state index contributed by atoms with van der Waals surface area (Å²) in [7, 11) is 0. The van der Waals surface area contributed by atoms with Gasteiger partial charge in [0.05, 0.1) is 0 Å². The highest BCUT2D eigenvalue weighted by Gasteiger charge is 2.30. The molecule has 1 saturated heterocycles. The fraction of sp³-hybridized carbons (Fsp3) is 0.133. The van der Waals surface area contributed by atoms with Crippen LogP contribution in [0, 0.1) is 0 Å². The maximum absolute atomic E-state index is 11.5. The van der Waals surface area contributed by atoms with Crippen LogP contribution in [0.2, 0.25) is 0 Å². The molecule has 0 aromatic heterocycles. The maximum atomic E-state index is 11.5. The average Bonchev–Trinajstić information content (AvgIpc) is 3.24. The lowest BCUT2D eigenvalue weighted by Gasteiger charge is -2.06. The Labute approximate surface area is 105 Å². The zero-order valence-electron chi connectivity index (χ0n) is 9.80. The number of esters is 1. The van der Waals surface area contributed by atoms with Gasteiger partial charge in [0, 0.05) is 6.54 Å². The Kier molecular flexibility index (Phi) is 2.82. The zero-order chi connectivity index (χ0) is 12.4. The van der Waals surface area contributed by atoms with Crippen LogP contribution >= 0.6 is 0 Å². The minimum absolute atomic E-state index is 0.120. The summed E-state index contributed by atoms with van der Waals surface area (Å²) in [6, 6.07) is 17.5. The van der Waals surface area contributed by atoms with Gasteiger partial charge in [0.2, 0.25) is 0 Å². The van der Waals surface area contributed by atoms with E-state index in [1.54, 1.807) is 6.07 Å². The molecule has 3 heteroatoms. The summed E-state index contributed by atoms with van der Waals surface area (Å²) in [6.07, 6.45) is 0. The number of hydrogen-bond acceptors (Lipinski definition) is 3. The third kappa shape index (κ3) is 2.41. The topological polar surface area (TPSA) is 48.2 Å². The van der Waals surface area contributed by atoms with E-state index in [4.69, 9.17) is 4.74 Å². The van der Waals surface area contributed by atoms with Crippen LogP contribution in [0.3, 0.4) is 0 Å². The Morgan fingerprint density at radius 3 is 2.50 bits per heavy atom. The van der Waals surface area contributed by atoms with Crippen LogP contribution in [0.5, 0.6) is 5.75 Å². The van der Waals surface area contributed by atoms with Crippen molar-refractivity contribution in [3.63, 3.8) is 0 Å². The predicted molar refractivity (Wildman–Crippen MR) is 69.3 cm³/mol. The van der Waals surface area contributed by atoms with Gasteiger partial charge in [-0.3, -0.25) is 0 Å². The number of carbonyl (C=O) groups excluding carboxylic acids is 1. The first-order valence-electron chi connectivity index (χ1n) is 5.93. The highest BCUT2D eigenvalue weighted by Crippen LogP contribution is 2.24. The largest absolute Gasteiger partial charge is 0.425 e. The Balaban J connectivity index is 1.82. The number of hydrogen-bond donors (Lipinski definition) is 1. The van der Waals surface area contributed by atoms with Crippen molar-refractivity contribution < 1.29 is 9.53 Å². The van der Waals surface area contributed by atoms with Crippen molar-refractivity contribution in [2.75, 3.05) is 6.54 Å². The molecule has 2 aromatic carbocycles. The summed E-state index contributed by atoms with van der Waals surface area (Å²) >= 11 is 0. The highest BCUT2D eigenvalue weighted by atomic mass is 16.5. The highest BCUT2D eigenvalue weighted by molar-refractivity contribution is 5.81. The van der Waals surface area contributed by atoms with Gasteiger partial charge in [-0.05, 0) is 23.3 Å². The fourth-order valence-electron chi connectivity index (χ4n) is 1.78. The van der Waals surface area contributed by atoms with E-state index in [1.165, 1.54) is 0 Å². The lowest BCUT2D eigenvalue weighted by Crippen LogP contribution is -2.16. The van der Waals surface area contributed by atoms with Crippen molar-refractivity contribution in [2.45, 2.75) is 6.04 Å². The maximum Gasteiger partial charge on any atom is 0.329 e. The minimum Gasteiger partial charge on any atom is -0.425 e. The van der Waals surface area contributed by atoms with Gasteiger partial charge in [0.15, 0.2) is 0 Å². The number of nitrogens with one attached hydrogen (secondary N) is 1. The van der Waals surface area contributed by atoms with Crippen LogP contribution in [-0.2, 0) is 4.79 Å². The van der Waals surface area contributed by atoms with Gasteiger partial charge < -0.3 is 10.1 Å². The molecule has 1 heterocycles. The van der Waals surface area contributed by atoms with Gasteiger partial charge in [-0.1, -0.05) is 42.5 Å². The Morgan fingerprint density at radius 2 is 1.78 bits per heavy atom. The van der Waals surface area contributed by atoms with Crippen molar-refractivity contribution in [1.82, 2.24) is 5.32 Å². The van der Waals surface area contributed by atoms with E-state index in [2.05, 4.69) is 5.32 Å². The van der Waals surface area contributed by atoms with Crippen LogP contribution in [0.25, 0.3) is 11.1 Å². The number of ether oxygens (including phenoxy) is 1. The van der Waals surface area contributed by atoms with Gasteiger partial charge >= 0.3 is 5.97 Å². The van der Waals surface area contributed by atoms with Crippen molar-refractivity contribution >= 4 is 5.97 Å². The van der Waals surface area contributed by atoms with E-state index in [0.717, 1.165) is 17.7 Å². The number of benzene rings is 2. The molecule has 1 aliphatic rings. The molecule has 1 atom stereocenters. The second kappa shape index (κ2) is 4.63. The molecule has 2 aromatic rings. The Morgan fingerprint density at radius 1 is 1.06 bits per heavy atom. The van der Waals surface area contributed by atoms with Crippen LogP contribution in [0.1, 0.15) is 0 Å². The van der Waals surface area contributed by atoms with E-state index >= 15 is 0 Å². The molecule has 90 valence electrons. The van der Waals surface area contributed by atoms with Crippen LogP contribution in [0.4, 0.5) is 0 Å². The first kappa shape index (κ1) is 11.0. The van der Waals surface area contributed by atoms with Crippen molar-refractivity contribution in [3.05, 3.63) is 54.6 Å². The molecule has 0 aliphatic carbocycles. The van der Waals surface area contributed by atoms with Crippen molar-refractivity contribution in [1.29, 1.82) is 0 Å². The van der Waals surface area contributed by atoms with Gasteiger partial charge in [-0.25, -0.2) is 4.79 Å². The summed E-state index contributed by atoms with van der Waals surface area (Å²) < 4.78 is 5.30. The molecule has 1 aliphatic heterocycles. The standard InChI is InChI=1S/C15H13NO2/c17-15(14-10-16-14)18-13-8-4-7-12(9-13)11-5-2-1-3-6-11/h1-9,14,16H,10H2. The number of rotatable bonds is 3. The summed E-state index contributed by atoms with van der Waals surface area (Å²) in [5.74, 6) is 0.385. The molecular weight excluding hydrogens is 226 g/mol. The zero-order valence-corrected chi connectivity index (χ0v) is 9.80.